The lowest BCUT2D eigenvalue weighted by atomic mass is 10.1. The van der Waals surface area contributed by atoms with Crippen LogP contribution in [0.25, 0.3) is 11.3 Å². The molecule has 0 saturated heterocycles. The minimum atomic E-state index is -1.50. The highest BCUT2D eigenvalue weighted by atomic mass is 19.2. The molecule has 18 heavy (non-hydrogen) atoms. The standard InChI is InChI=1S/C12H11F3N2O/c1-6(16-2)12-17-5-10(18-12)7-3-8(13)11(15)9(14)4-7/h3-6,16H,1-2H3. The van der Waals surface area contributed by atoms with E-state index in [2.05, 4.69) is 10.3 Å². The molecular weight excluding hydrogens is 245 g/mol. The summed E-state index contributed by atoms with van der Waals surface area (Å²) in [7, 11) is 1.73. The van der Waals surface area contributed by atoms with E-state index in [0.717, 1.165) is 12.1 Å². The molecule has 1 aromatic carbocycles. The first-order valence-corrected chi connectivity index (χ1v) is 5.31. The average Bonchev–Trinajstić information content (AvgIpc) is 2.84. The molecule has 1 aromatic heterocycles. The van der Waals surface area contributed by atoms with Gasteiger partial charge in [0.25, 0.3) is 0 Å². The lowest BCUT2D eigenvalue weighted by Gasteiger charge is -2.04. The highest BCUT2D eigenvalue weighted by molar-refractivity contribution is 5.56. The van der Waals surface area contributed by atoms with E-state index < -0.39 is 17.5 Å². The number of halogens is 3. The van der Waals surface area contributed by atoms with Crippen LogP contribution in [0.2, 0.25) is 0 Å². The Morgan fingerprint density at radius 3 is 2.39 bits per heavy atom. The summed E-state index contributed by atoms with van der Waals surface area (Å²) < 4.78 is 44.3. The summed E-state index contributed by atoms with van der Waals surface area (Å²) in [6, 6.07) is 1.60. The predicted octanol–water partition coefficient (Wildman–Crippen LogP) is 3.04. The van der Waals surface area contributed by atoms with Crippen molar-refractivity contribution in [1.29, 1.82) is 0 Å². The molecule has 0 amide bonds. The van der Waals surface area contributed by atoms with Crippen LogP contribution in [0.4, 0.5) is 13.2 Å². The van der Waals surface area contributed by atoms with Gasteiger partial charge in [-0.25, -0.2) is 18.2 Å². The first-order chi connectivity index (χ1) is 8.52. The van der Waals surface area contributed by atoms with Crippen molar-refractivity contribution in [2.75, 3.05) is 7.05 Å². The number of hydrogen-bond acceptors (Lipinski definition) is 3. The Kier molecular flexibility index (Phi) is 3.38. The average molecular weight is 256 g/mol. The molecule has 96 valence electrons. The second-order valence-electron chi connectivity index (χ2n) is 3.83. The van der Waals surface area contributed by atoms with E-state index in [1.165, 1.54) is 6.20 Å². The fourth-order valence-corrected chi connectivity index (χ4v) is 1.44. The van der Waals surface area contributed by atoms with E-state index in [-0.39, 0.29) is 17.4 Å². The number of nitrogens with one attached hydrogen (secondary N) is 1. The second kappa shape index (κ2) is 4.81. The molecule has 0 spiro atoms. The lowest BCUT2D eigenvalue weighted by Crippen LogP contribution is -2.12. The molecule has 1 N–H and O–H groups in total. The fraction of sp³-hybridized carbons (Fsp3) is 0.250. The third-order valence-corrected chi connectivity index (χ3v) is 2.60. The van der Waals surface area contributed by atoms with Crippen molar-refractivity contribution in [3.63, 3.8) is 0 Å². The number of nitrogens with zero attached hydrogens (tertiary/aromatic N) is 1. The van der Waals surface area contributed by atoms with Gasteiger partial charge in [-0.3, -0.25) is 0 Å². The number of rotatable bonds is 3. The third-order valence-electron chi connectivity index (χ3n) is 2.60. The molecule has 0 bridgehead atoms. The van der Waals surface area contributed by atoms with Gasteiger partial charge in [0.05, 0.1) is 12.2 Å². The molecule has 2 aromatic rings. The smallest absolute Gasteiger partial charge is 0.211 e. The first-order valence-electron chi connectivity index (χ1n) is 5.31. The maximum absolute atomic E-state index is 13.1. The van der Waals surface area contributed by atoms with Crippen molar-refractivity contribution in [3.8, 4) is 11.3 Å². The van der Waals surface area contributed by atoms with Gasteiger partial charge in [-0.05, 0) is 26.1 Å². The van der Waals surface area contributed by atoms with Crippen LogP contribution in [0.15, 0.2) is 22.7 Å². The molecule has 1 atom stereocenters. The highest BCUT2D eigenvalue weighted by Gasteiger charge is 2.16. The summed E-state index contributed by atoms with van der Waals surface area (Å²) in [5.41, 5.74) is 0.105. The maximum atomic E-state index is 13.1. The molecule has 0 radical (unpaired) electrons. The van der Waals surface area contributed by atoms with E-state index in [4.69, 9.17) is 4.42 Å². The van der Waals surface area contributed by atoms with Crippen molar-refractivity contribution >= 4 is 0 Å². The van der Waals surface area contributed by atoms with Crippen LogP contribution in [0.1, 0.15) is 18.9 Å². The predicted molar refractivity (Wildman–Crippen MR) is 59.3 cm³/mol. The van der Waals surface area contributed by atoms with Gasteiger partial charge in [-0.2, -0.15) is 0 Å². The Bertz CT molecular complexity index is 545. The summed E-state index contributed by atoms with van der Waals surface area (Å²) >= 11 is 0. The van der Waals surface area contributed by atoms with Crippen LogP contribution in [0, 0.1) is 17.5 Å². The van der Waals surface area contributed by atoms with Crippen LogP contribution in [0.3, 0.4) is 0 Å². The van der Waals surface area contributed by atoms with Crippen molar-refractivity contribution in [2.45, 2.75) is 13.0 Å². The van der Waals surface area contributed by atoms with Gasteiger partial charge in [0, 0.05) is 5.56 Å². The minimum absolute atomic E-state index is 0.105. The minimum Gasteiger partial charge on any atom is -0.439 e. The van der Waals surface area contributed by atoms with Gasteiger partial charge in [0.2, 0.25) is 5.89 Å². The molecule has 0 fully saturated rings. The molecule has 2 rings (SSSR count). The number of benzene rings is 1. The molecule has 0 saturated carbocycles. The fourth-order valence-electron chi connectivity index (χ4n) is 1.44. The molecule has 1 heterocycles. The van der Waals surface area contributed by atoms with Gasteiger partial charge in [-0.15, -0.1) is 0 Å². The molecule has 0 aliphatic heterocycles. The van der Waals surface area contributed by atoms with Gasteiger partial charge in [0.1, 0.15) is 0 Å². The van der Waals surface area contributed by atoms with Crippen LogP contribution < -0.4 is 5.32 Å². The van der Waals surface area contributed by atoms with Crippen molar-refractivity contribution in [3.05, 3.63) is 41.7 Å². The summed E-state index contributed by atoms with van der Waals surface area (Å²) in [5.74, 6) is -3.45. The molecule has 6 heteroatoms. The highest BCUT2D eigenvalue weighted by Crippen LogP contribution is 2.25. The van der Waals surface area contributed by atoms with Gasteiger partial charge >= 0.3 is 0 Å². The van der Waals surface area contributed by atoms with Crippen molar-refractivity contribution in [2.24, 2.45) is 0 Å². The second-order valence-corrected chi connectivity index (χ2v) is 3.83. The zero-order chi connectivity index (χ0) is 13.3. The van der Waals surface area contributed by atoms with Crippen LogP contribution in [0.5, 0.6) is 0 Å². The van der Waals surface area contributed by atoms with Gasteiger partial charge in [-0.1, -0.05) is 0 Å². The molecule has 1 unspecified atom stereocenters. The van der Waals surface area contributed by atoms with Crippen LogP contribution in [-0.2, 0) is 0 Å². The van der Waals surface area contributed by atoms with Gasteiger partial charge < -0.3 is 9.73 Å². The van der Waals surface area contributed by atoms with E-state index in [1.54, 1.807) is 7.05 Å². The Morgan fingerprint density at radius 2 is 1.83 bits per heavy atom. The Hall–Kier alpha value is -1.82. The van der Waals surface area contributed by atoms with E-state index >= 15 is 0 Å². The molecule has 3 nitrogen and oxygen atoms in total. The van der Waals surface area contributed by atoms with Crippen molar-refractivity contribution in [1.82, 2.24) is 10.3 Å². The van der Waals surface area contributed by atoms with Crippen molar-refractivity contribution < 1.29 is 17.6 Å². The number of oxazole rings is 1. The zero-order valence-electron chi connectivity index (χ0n) is 9.80. The summed E-state index contributed by atoms with van der Waals surface area (Å²) in [6.45, 7) is 1.82. The summed E-state index contributed by atoms with van der Waals surface area (Å²) in [6.07, 6.45) is 1.34. The molecule has 0 aliphatic rings. The van der Waals surface area contributed by atoms with Crippen LogP contribution in [-0.4, -0.2) is 12.0 Å². The van der Waals surface area contributed by atoms with E-state index in [1.807, 2.05) is 6.92 Å². The summed E-state index contributed by atoms with van der Waals surface area (Å²) in [4.78, 5) is 3.98. The Balaban J connectivity index is 2.40. The topological polar surface area (TPSA) is 38.1 Å². The number of hydrogen-bond donors (Lipinski definition) is 1. The van der Waals surface area contributed by atoms with Crippen LogP contribution >= 0.6 is 0 Å². The lowest BCUT2D eigenvalue weighted by molar-refractivity contribution is 0.436. The van der Waals surface area contributed by atoms with E-state index in [0.29, 0.717) is 5.89 Å². The molecular formula is C12H11F3N2O. The quantitative estimate of drug-likeness (QED) is 0.858. The zero-order valence-corrected chi connectivity index (χ0v) is 9.80. The normalized spacial score (nSPS) is 12.7. The Labute approximate surface area is 102 Å². The van der Waals surface area contributed by atoms with E-state index in [9.17, 15) is 13.2 Å². The monoisotopic (exact) mass is 256 g/mol. The largest absolute Gasteiger partial charge is 0.439 e. The maximum Gasteiger partial charge on any atom is 0.211 e. The number of aromatic nitrogens is 1. The first kappa shape index (κ1) is 12.6. The molecule has 0 aliphatic carbocycles. The SMILES string of the molecule is CNC(C)c1ncc(-c2cc(F)c(F)c(F)c2)o1. The van der Waals surface area contributed by atoms with Gasteiger partial charge in [0.15, 0.2) is 23.2 Å². The third kappa shape index (κ3) is 2.24. The summed E-state index contributed by atoms with van der Waals surface area (Å²) in [5, 5.41) is 2.91. The Morgan fingerprint density at radius 1 is 1.22 bits per heavy atom.